The summed E-state index contributed by atoms with van der Waals surface area (Å²) >= 11 is 1.61. The van der Waals surface area contributed by atoms with Gasteiger partial charge in [-0.15, -0.1) is 11.3 Å². The summed E-state index contributed by atoms with van der Waals surface area (Å²) in [7, 11) is 0. The first-order valence-electron chi connectivity index (χ1n) is 7.97. The lowest BCUT2D eigenvalue weighted by Crippen LogP contribution is -2.30. The molecule has 1 aliphatic rings. The highest BCUT2D eigenvalue weighted by atomic mass is 32.1. The first-order chi connectivity index (χ1) is 11.6. The molecule has 1 saturated heterocycles. The smallest absolute Gasteiger partial charge is 0.246 e. The van der Waals surface area contributed by atoms with Crippen LogP contribution in [0.1, 0.15) is 22.7 Å². The van der Waals surface area contributed by atoms with Crippen molar-refractivity contribution >= 4 is 23.3 Å². The van der Waals surface area contributed by atoms with Crippen molar-refractivity contribution in [3.05, 3.63) is 52.0 Å². The lowest BCUT2D eigenvalue weighted by molar-refractivity contribution is -0.124. The van der Waals surface area contributed by atoms with Crippen LogP contribution in [-0.4, -0.2) is 34.9 Å². The quantitative estimate of drug-likeness (QED) is 0.847. The third kappa shape index (κ3) is 4.21. The molecule has 0 bridgehead atoms. The van der Waals surface area contributed by atoms with Crippen molar-refractivity contribution in [2.75, 3.05) is 13.1 Å². The summed E-state index contributed by atoms with van der Waals surface area (Å²) in [5.74, 6) is 0.734. The maximum Gasteiger partial charge on any atom is 0.246 e. The molecule has 2 heterocycles. The van der Waals surface area contributed by atoms with E-state index in [1.54, 1.807) is 28.4 Å². The predicted octanol–water partition coefficient (Wildman–Crippen LogP) is 2.60. The summed E-state index contributed by atoms with van der Waals surface area (Å²) in [5.41, 5.74) is 7.64. The molecule has 0 spiro atoms. The van der Waals surface area contributed by atoms with E-state index in [4.69, 9.17) is 10.5 Å². The molecule has 24 heavy (non-hydrogen) atoms. The first kappa shape index (κ1) is 16.7. The summed E-state index contributed by atoms with van der Waals surface area (Å²) in [4.78, 5) is 18.4. The largest absolute Gasteiger partial charge is 0.487 e. The number of aromatic nitrogens is 1. The first-order valence-corrected chi connectivity index (χ1v) is 8.85. The van der Waals surface area contributed by atoms with E-state index in [-0.39, 0.29) is 11.9 Å². The Kier molecular flexibility index (Phi) is 5.27. The Labute approximate surface area is 145 Å². The highest BCUT2D eigenvalue weighted by molar-refractivity contribution is 7.09. The highest BCUT2D eigenvalue weighted by Crippen LogP contribution is 2.21. The van der Waals surface area contributed by atoms with Crippen molar-refractivity contribution < 1.29 is 9.53 Å². The molecule has 1 amide bonds. The van der Waals surface area contributed by atoms with Gasteiger partial charge in [0, 0.05) is 36.2 Å². The maximum absolute atomic E-state index is 12.2. The van der Waals surface area contributed by atoms with Gasteiger partial charge in [0.05, 0.1) is 10.7 Å². The third-order valence-corrected chi connectivity index (χ3v) is 4.73. The number of thiazole rings is 1. The Balaban J connectivity index is 1.65. The second-order valence-electron chi connectivity index (χ2n) is 5.85. The summed E-state index contributed by atoms with van der Waals surface area (Å²) in [6.45, 7) is 3.75. The van der Waals surface area contributed by atoms with Gasteiger partial charge < -0.3 is 15.4 Å². The van der Waals surface area contributed by atoms with E-state index < -0.39 is 0 Å². The maximum atomic E-state index is 12.2. The molecule has 1 atom stereocenters. The molecule has 0 unspecified atom stereocenters. The predicted molar refractivity (Wildman–Crippen MR) is 95.8 cm³/mol. The normalized spacial score (nSPS) is 17.6. The fourth-order valence-corrected chi connectivity index (χ4v) is 3.23. The monoisotopic (exact) mass is 343 g/mol. The number of nitrogens with two attached hydrogens (primary N) is 1. The standard InChI is InChI=1S/C18H21N3O2S/c1-13-20-16(12-24-13)11-23-17-5-3-2-4-14(17)6-7-18(22)21-9-8-15(19)10-21/h2-7,12,15H,8-11,19H2,1H3/t15-/m0/s1. The Morgan fingerprint density at radius 3 is 3.04 bits per heavy atom. The number of aryl methyl sites for hydroxylation is 1. The van der Waals surface area contributed by atoms with Gasteiger partial charge in [-0.1, -0.05) is 18.2 Å². The molecular weight excluding hydrogens is 322 g/mol. The van der Waals surface area contributed by atoms with Crippen LogP contribution in [0.5, 0.6) is 5.75 Å². The number of carbonyl (C=O) groups excluding carboxylic acids is 1. The van der Waals surface area contributed by atoms with Crippen LogP contribution in [0.25, 0.3) is 6.08 Å². The van der Waals surface area contributed by atoms with Crippen molar-refractivity contribution in [2.45, 2.75) is 26.0 Å². The minimum absolute atomic E-state index is 0.00659. The van der Waals surface area contributed by atoms with Crippen LogP contribution in [0.2, 0.25) is 0 Å². The minimum atomic E-state index is -0.00659. The molecule has 1 aliphatic heterocycles. The molecule has 0 radical (unpaired) electrons. The van der Waals surface area contributed by atoms with Crippen molar-refractivity contribution in [2.24, 2.45) is 5.73 Å². The van der Waals surface area contributed by atoms with Crippen LogP contribution in [0.15, 0.2) is 35.7 Å². The molecule has 5 nitrogen and oxygen atoms in total. The number of benzene rings is 1. The van der Waals surface area contributed by atoms with E-state index >= 15 is 0 Å². The van der Waals surface area contributed by atoms with Gasteiger partial charge in [-0.3, -0.25) is 4.79 Å². The molecule has 1 aromatic heterocycles. The molecule has 2 N–H and O–H groups in total. The van der Waals surface area contributed by atoms with Gasteiger partial charge in [-0.05, 0) is 25.5 Å². The number of rotatable bonds is 5. The van der Waals surface area contributed by atoms with Crippen molar-refractivity contribution in [3.8, 4) is 5.75 Å². The topological polar surface area (TPSA) is 68.5 Å². The third-order valence-electron chi connectivity index (χ3n) is 3.90. The SMILES string of the molecule is Cc1nc(COc2ccccc2C=CC(=O)N2CC[C@H](N)C2)cs1. The van der Waals surface area contributed by atoms with Gasteiger partial charge in [0.25, 0.3) is 0 Å². The van der Waals surface area contributed by atoms with E-state index in [1.165, 1.54) is 0 Å². The van der Waals surface area contributed by atoms with Crippen LogP contribution in [-0.2, 0) is 11.4 Å². The zero-order valence-electron chi connectivity index (χ0n) is 13.6. The summed E-state index contributed by atoms with van der Waals surface area (Å²) in [5, 5.41) is 3.02. The fraction of sp³-hybridized carbons (Fsp3) is 0.333. The van der Waals surface area contributed by atoms with Crippen LogP contribution in [0, 0.1) is 6.92 Å². The van der Waals surface area contributed by atoms with Crippen LogP contribution >= 0.6 is 11.3 Å². The summed E-state index contributed by atoms with van der Waals surface area (Å²) < 4.78 is 5.86. The minimum Gasteiger partial charge on any atom is -0.487 e. The number of carbonyl (C=O) groups is 1. The lowest BCUT2D eigenvalue weighted by Gasteiger charge is -2.13. The number of hydrogen-bond acceptors (Lipinski definition) is 5. The molecule has 6 heteroatoms. The van der Waals surface area contributed by atoms with Gasteiger partial charge in [-0.25, -0.2) is 4.98 Å². The van der Waals surface area contributed by atoms with Crippen LogP contribution in [0.3, 0.4) is 0 Å². The Bertz CT molecular complexity index is 741. The molecule has 1 fully saturated rings. The lowest BCUT2D eigenvalue weighted by atomic mass is 10.2. The van der Waals surface area contributed by atoms with Crippen molar-refractivity contribution in [1.82, 2.24) is 9.88 Å². The van der Waals surface area contributed by atoms with Crippen molar-refractivity contribution in [3.63, 3.8) is 0 Å². The molecule has 0 aliphatic carbocycles. The Morgan fingerprint density at radius 1 is 1.50 bits per heavy atom. The van der Waals surface area contributed by atoms with E-state index in [2.05, 4.69) is 4.98 Å². The highest BCUT2D eigenvalue weighted by Gasteiger charge is 2.21. The number of nitrogens with zero attached hydrogens (tertiary/aromatic N) is 2. The second kappa shape index (κ2) is 7.59. The van der Waals surface area contributed by atoms with E-state index in [1.807, 2.05) is 36.6 Å². The summed E-state index contributed by atoms with van der Waals surface area (Å²) in [6.07, 6.45) is 4.26. The average Bonchev–Trinajstić information content (AvgIpc) is 3.20. The van der Waals surface area contributed by atoms with Gasteiger partial charge in [0.2, 0.25) is 5.91 Å². The van der Waals surface area contributed by atoms with Crippen LogP contribution in [0.4, 0.5) is 0 Å². The Morgan fingerprint density at radius 2 is 2.33 bits per heavy atom. The number of ether oxygens (including phenoxy) is 1. The van der Waals surface area contributed by atoms with Gasteiger partial charge >= 0.3 is 0 Å². The number of hydrogen-bond donors (Lipinski definition) is 1. The number of para-hydroxylation sites is 1. The van der Waals surface area contributed by atoms with E-state index in [0.29, 0.717) is 13.2 Å². The number of likely N-dealkylation sites (tertiary alicyclic amines) is 1. The van der Waals surface area contributed by atoms with E-state index in [9.17, 15) is 4.79 Å². The zero-order valence-corrected chi connectivity index (χ0v) is 14.5. The molecule has 2 aromatic rings. The van der Waals surface area contributed by atoms with Gasteiger partial charge in [0.1, 0.15) is 12.4 Å². The van der Waals surface area contributed by atoms with Gasteiger partial charge in [-0.2, -0.15) is 0 Å². The fourth-order valence-electron chi connectivity index (χ4n) is 2.63. The van der Waals surface area contributed by atoms with E-state index in [0.717, 1.165) is 35.0 Å². The molecular formula is C18H21N3O2S. The van der Waals surface area contributed by atoms with Gasteiger partial charge in [0.15, 0.2) is 0 Å². The second-order valence-corrected chi connectivity index (χ2v) is 6.91. The summed E-state index contributed by atoms with van der Waals surface area (Å²) in [6, 6.07) is 7.77. The molecule has 0 saturated carbocycles. The van der Waals surface area contributed by atoms with Crippen LogP contribution < -0.4 is 10.5 Å². The molecule has 1 aromatic carbocycles. The molecule has 3 rings (SSSR count). The van der Waals surface area contributed by atoms with Crippen molar-refractivity contribution in [1.29, 1.82) is 0 Å². The average molecular weight is 343 g/mol. The Hall–Kier alpha value is -2.18. The number of amides is 1. The zero-order chi connectivity index (χ0) is 16.9. The molecule has 126 valence electrons.